The summed E-state index contributed by atoms with van der Waals surface area (Å²) in [6.45, 7) is 7.96. The second kappa shape index (κ2) is 7.89. The topological polar surface area (TPSA) is 55.2 Å². The van der Waals surface area contributed by atoms with E-state index in [1.807, 2.05) is 13.0 Å². The molecule has 0 saturated heterocycles. The molecule has 106 valence electrons. The minimum Gasteiger partial charge on any atom is -0.313 e. The number of unbranched alkanes of at least 4 members (excludes halogenated alkanes) is 1. The molecule has 0 aromatic heterocycles. The Morgan fingerprint density at radius 2 is 2.05 bits per heavy atom. The number of hydrogen-bond acceptors (Lipinski definition) is 3. The van der Waals surface area contributed by atoms with E-state index in [1.165, 1.54) is 12.8 Å². The zero-order valence-electron chi connectivity index (χ0n) is 12.1. The molecule has 4 nitrogen and oxygen atoms in total. The average Bonchev–Trinajstić information content (AvgIpc) is 2.34. The van der Waals surface area contributed by atoms with Crippen LogP contribution in [0.25, 0.3) is 0 Å². The fourth-order valence-corrected chi connectivity index (χ4v) is 2.08. The molecule has 0 spiro atoms. The van der Waals surface area contributed by atoms with E-state index in [9.17, 15) is 10.1 Å². The summed E-state index contributed by atoms with van der Waals surface area (Å²) in [6, 6.07) is 5.26. The molecule has 0 fully saturated rings. The molecule has 1 aromatic carbocycles. The number of nitro groups is 1. The minimum absolute atomic E-state index is 0.208. The van der Waals surface area contributed by atoms with Gasteiger partial charge >= 0.3 is 0 Å². The third kappa shape index (κ3) is 5.39. The highest BCUT2D eigenvalue weighted by atomic mass is 16.6. The summed E-state index contributed by atoms with van der Waals surface area (Å²) in [5.74, 6) is 0.763. The fraction of sp³-hybridized carbons (Fsp3) is 0.600. The van der Waals surface area contributed by atoms with Crippen molar-refractivity contribution < 1.29 is 4.92 Å². The van der Waals surface area contributed by atoms with Gasteiger partial charge in [-0.25, -0.2) is 0 Å². The van der Waals surface area contributed by atoms with Crippen molar-refractivity contribution in [1.82, 2.24) is 5.32 Å². The van der Waals surface area contributed by atoms with E-state index in [0.29, 0.717) is 6.54 Å². The predicted octanol–water partition coefficient (Wildman–Crippen LogP) is 3.82. The van der Waals surface area contributed by atoms with Gasteiger partial charge in [0.05, 0.1) is 4.92 Å². The Morgan fingerprint density at radius 1 is 1.32 bits per heavy atom. The smallest absolute Gasteiger partial charge is 0.272 e. The van der Waals surface area contributed by atoms with Crippen LogP contribution in [0.5, 0.6) is 0 Å². The van der Waals surface area contributed by atoms with Crippen LogP contribution in [0.15, 0.2) is 18.2 Å². The van der Waals surface area contributed by atoms with Crippen molar-refractivity contribution in [1.29, 1.82) is 0 Å². The molecule has 0 aliphatic heterocycles. The number of hydrogen-bond donors (Lipinski definition) is 1. The molecule has 0 atom stereocenters. The third-order valence-electron chi connectivity index (χ3n) is 3.31. The van der Waals surface area contributed by atoms with Gasteiger partial charge in [-0.05, 0) is 31.4 Å². The van der Waals surface area contributed by atoms with Gasteiger partial charge in [0.2, 0.25) is 0 Å². The van der Waals surface area contributed by atoms with E-state index in [-0.39, 0.29) is 10.6 Å². The van der Waals surface area contributed by atoms with Crippen LogP contribution in [-0.4, -0.2) is 11.5 Å². The summed E-state index contributed by atoms with van der Waals surface area (Å²) < 4.78 is 0. The first-order valence-electron chi connectivity index (χ1n) is 6.96. The van der Waals surface area contributed by atoms with Gasteiger partial charge in [0, 0.05) is 18.2 Å². The van der Waals surface area contributed by atoms with Crippen LogP contribution in [0.1, 0.15) is 44.2 Å². The lowest BCUT2D eigenvalue weighted by atomic mass is 10.1. The molecule has 0 aliphatic carbocycles. The maximum Gasteiger partial charge on any atom is 0.272 e. The summed E-state index contributed by atoms with van der Waals surface area (Å²) in [5, 5.41) is 14.2. The van der Waals surface area contributed by atoms with Gasteiger partial charge in [-0.3, -0.25) is 10.1 Å². The number of nitrogens with zero attached hydrogens (tertiary/aromatic N) is 1. The summed E-state index contributed by atoms with van der Waals surface area (Å²) in [7, 11) is 0. The largest absolute Gasteiger partial charge is 0.313 e. The van der Waals surface area contributed by atoms with E-state index in [4.69, 9.17) is 0 Å². The molecule has 4 heteroatoms. The van der Waals surface area contributed by atoms with Crippen molar-refractivity contribution >= 4 is 5.69 Å². The molecule has 0 radical (unpaired) electrons. The average molecular weight is 264 g/mol. The number of nitrogens with one attached hydrogen (secondary N) is 1. The Hall–Kier alpha value is -1.42. The number of nitro benzene ring substituents is 1. The molecule has 1 rings (SSSR count). The van der Waals surface area contributed by atoms with Gasteiger partial charge in [0.25, 0.3) is 5.69 Å². The monoisotopic (exact) mass is 264 g/mol. The molecule has 1 aromatic rings. The van der Waals surface area contributed by atoms with E-state index >= 15 is 0 Å². The van der Waals surface area contributed by atoms with Gasteiger partial charge in [0.1, 0.15) is 0 Å². The van der Waals surface area contributed by atoms with Crippen molar-refractivity contribution in [2.45, 2.75) is 46.6 Å². The Bertz CT molecular complexity index is 417. The van der Waals surface area contributed by atoms with Crippen LogP contribution in [-0.2, 0) is 6.54 Å². The summed E-state index contributed by atoms with van der Waals surface area (Å²) in [5.41, 5.74) is 1.99. The number of benzene rings is 1. The molecule has 0 amide bonds. The Morgan fingerprint density at radius 3 is 2.68 bits per heavy atom. The maximum atomic E-state index is 10.8. The van der Waals surface area contributed by atoms with E-state index in [0.717, 1.165) is 30.0 Å². The molecule has 1 N–H and O–H groups in total. The van der Waals surface area contributed by atoms with Crippen LogP contribution in [0.4, 0.5) is 5.69 Å². The van der Waals surface area contributed by atoms with Crippen molar-refractivity contribution in [3.05, 3.63) is 39.4 Å². The van der Waals surface area contributed by atoms with Gasteiger partial charge in [-0.2, -0.15) is 0 Å². The Labute approximate surface area is 115 Å². The summed E-state index contributed by atoms with van der Waals surface area (Å²) >= 11 is 0. The zero-order valence-corrected chi connectivity index (χ0v) is 12.1. The normalized spacial score (nSPS) is 10.9. The first kappa shape index (κ1) is 15.6. The van der Waals surface area contributed by atoms with Crippen LogP contribution < -0.4 is 5.32 Å². The first-order chi connectivity index (χ1) is 9.02. The highest BCUT2D eigenvalue weighted by Crippen LogP contribution is 2.20. The minimum atomic E-state index is -0.318. The lowest BCUT2D eigenvalue weighted by Gasteiger charge is -2.08. The maximum absolute atomic E-state index is 10.8. The third-order valence-corrected chi connectivity index (χ3v) is 3.31. The lowest BCUT2D eigenvalue weighted by molar-refractivity contribution is -0.385. The molecule has 0 aliphatic rings. The fourth-order valence-electron chi connectivity index (χ4n) is 2.08. The van der Waals surface area contributed by atoms with Crippen molar-refractivity contribution in [3.63, 3.8) is 0 Å². The Balaban J connectivity index is 2.37. The first-order valence-corrected chi connectivity index (χ1v) is 6.96. The van der Waals surface area contributed by atoms with Gasteiger partial charge in [-0.15, -0.1) is 0 Å². The van der Waals surface area contributed by atoms with Crippen LogP contribution in [0.2, 0.25) is 0 Å². The molecule has 0 heterocycles. The molecular weight excluding hydrogens is 240 g/mol. The highest BCUT2D eigenvalue weighted by molar-refractivity contribution is 5.44. The van der Waals surface area contributed by atoms with Gasteiger partial charge < -0.3 is 5.32 Å². The van der Waals surface area contributed by atoms with E-state index in [1.54, 1.807) is 12.1 Å². The quantitative estimate of drug-likeness (QED) is 0.441. The Kier molecular flexibility index (Phi) is 6.50. The molecule has 0 bridgehead atoms. The van der Waals surface area contributed by atoms with Crippen molar-refractivity contribution in [2.75, 3.05) is 6.54 Å². The van der Waals surface area contributed by atoms with Crippen LogP contribution in [0.3, 0.4) is 0 Å². The van der Waals surface area contributed by atoms with Crippen molar-refractivity contribution in [3.8, 4) is 0 Å². The second-order valence-electron chi connectivity index (χ2n) is 5.38. The molecule has 19 heavy (non-hydrogen) atoms. The van der Waals surface area contributed by atoms with Crippen molar-refractivity contribution in [2.24, 2.45) is 5.92 Å². The summed E-state index contributed by atoms with van der Waals surface area (Å²) in [6.07, 6.45) is 3.66. The van der Waals surface area contributed by atoms with Crippen LogP contribution >= 0.6 is 0 Å². The SMILES string of the molecule is Cc1c(CNCCCCC(C)C)cccc1[N+](=O)[O-]. The van der Waals surface area contributed by atoms with E-state index in [2.05, 4.69) is 19.2 Å². The molecular formula is C15H24N2O2. The van der Waals surface area contributed by atoms with Gasteiger partial charge in [0.15, 0.2) is 0 Å². The van der Waals surface area contributed by atoms with Crippen LogP contribution in [0, 0.1) is 23.0 Å². The predicted molar refractivity (Wildman–Crippen MR) is 78.2 cm³/mol. The summed E-state index contributed by atoms with van der Waals surface area (Å²) in [4.78, 5) is 10.5. The van der Waals surface area contributed by atoms with Gasteiger partial charge in [-0.1, -0.05) is 38.8 Å². The second-order valence-corrected chi connectivity index (χ2v) is 5.38. The van der Waals surface area contributed by atoms with E-state index < -0.39 is 0 Å². The standard InChI is InChI=1S/C15H24N2O2/c1-12(2)7-4-5-10-16-11-14-8-6-9-15(13(14)3)17(18)19/h6,8-9,12,16H,4-5,7,10-11H2,1-3H3. The molecule has 0 unspecified atom stereocenters. The highest BCUT2D eigenvalue weighted by Gasteiger charge is 2.12. The number of rotatable bonds is 8. The zero-order chi connectivity index (χ0) is 14.3. The lowest BCUT2D eigenvalue weighted by Crippen LogP contribution is -2.15. The molecule has 0 saturated carbocycles.